The molecule has 0 spiro atoms. The highest BCUT2D eigenvalue weighted by Crippen LogP contribution is 2.35. The normalized spacial score (nSPS) is 16.6. The van der Waals surface area contributed by atoms with Crippen LogP contribution in [0, 0.1) is 0 Å². The standard InChI is InChI=1S/C16H19BrN2O/c17-13-5-3-12(4-6-13)16(10-18)19(14-7-8-14)11-15-2-1-9-20-15/h1-6,9,14,16H,7-8,10-11,18H2. The number of nitrogens with zero attached hydrogens (tertiary/aromatic N) is 1. The van der Waals surface area contributed by atoms with E-state index in [2.05, 4.69) is 45.1 Å². The van der Waals surface area contributed by atoms with Crippen LogP contribution in [0.5, 0.6) is 0 Å². The van der Waals surface area contributed by atoms with E-state index in [1.165, 1.54) is 18.4 Å². The Balaban J connectivity index is 1.82. The van der Waals surface area contributed by atoms with E-state index in [0.29, 0.717) is 12.6 Å². The van der Waals surface area contributed by atoms with Crippen molar-refractivity contribution in [1.82, 2.24) is 4.90 Å². The van der Waals surface area contributed by atoms with E-state index in [1.54, 1.807) is 6.26 Å². The molecule has 1 saturated carbocycles. The molecule has 20 heavy (non-hydrogen) atoms. The van der Waals surface area contributed by atoms with Gasteiger partial charge in [-0.25, -0.2) is 0 Å². The van der Waals surface area contributed by atoms with E-state index in [-0.39, 0.29) is 6.04 Å². The summed E-state index contributed by atoms with van der Waals surface area (Å²) in [5.74, 6) is 1.01. The molecule has 0 saturated heterocycles. The van der Waals surface area contributed by atoms with Crippen molar-refractivity contribution < 1.29 is 4.42 Å². The van der Waals surface area contributed by atoms with Gasteiger partial charge in [0.2, 0.25) is 0 Å². The second-order valence-corrected chi connectivity index (χ2v) is 6.20. The van der Waals surface area contributed by atoms with E-state index in [0.717, 1.165) is 16.8 Å². The monoisotopic (exact) mass is 334 g/mol. The highest BCUT2D eigenvalue weighted by molar-refractivity contribution is 9.10. The summed E-state index contributed by atoms with van der Waals surface area (Å²) in [7, 11) is 0. The Morgan fingerprint density at radius 3 is 2.55 bits per heavy atom. The third-order valence-corrected chi connectivity index (χ3v) is 4.34. The van der Waals surface area contributed by atoms with Gasteiger partial charge in [-0.1, -0.05) is 28.1 Å². The summed E-state index contributed by atoms with van der Waals surface area (Å²) in [5.41, 5.74) is 7.33. The highest BCUT2D eigenvalue weighted by Gasteiger charge is 2.34. The number of halogens is 1. The van der Waals surface area contributed by atoms with Gasteiger partial charge >= 0.3 is 0 Å². The molecular weight excluding hydrogens is 316 g/mol. The number of nitrogens with two attached hydrogens (primary N) is 1. The molecule has 3 nitrogen and oxygen atoms in total. The fraction of sp³-hybridized carbons (Fsp3) is 0.375. The van der Waals surface area contributed by atoms with E-state index in [1.807, 2.05) is 12.1 Å². The Morgan fingerprint density at radius 2 is 2.00 bits per heavy atom. The highest BCUT2D eigenvalue weighted by atomic mass is 79.9. The van der Waals surface area contributed by atoms with Crippen LogP contribution in [-0.2, 0) is 6.54 Å². The lowest BCUT2D eigenvalue weighted by molar-refractivity contribution is 0.168. The summed E-state index contributed by atoms with van der Waals surface area (Å²) in [4.78, 5) is 2.47. The van der Waals surface area contributed by atoms with Crippen LogP contribution in [0.1, 0.15) is 30.2 Å². The molecule has 1 fully saturated rings. The fourth-order valence-corrected chi connectivity index (χ4v) is 2.89. The fourth-order valence-electron chi connectivity index (χ4n) is 2.63. The van der Waals surface area contributed by atoms with Gasteiger partial charge in [0, 0.05) is 23.1 Å². The van der Waals surface area contributed by atoms with Gasteiger partial charge < -0.3 is 10.2 Å². The summed E-state index contributed by atoms with van der Waals surface area (Å²) >= 11 is 3.48. The topological polar surface area (TPSA) is 42.4 Å². The van der Waals surface area contributed by atoms with Crippen LogP contribution in [0.25, 0.3) is 0 Å². The van der Waals surface area contributed by atoms with E-state index in [4.69, 9.17) is 10.2 Å². The molecule has 1 heterocycles. The average Bonchev–Trinajstić information content (AvgIpc) is 3.18. The minimum Gasteiger partial charge on any atom is -0.468 e. The number of hydrogen-bond donors (Lipinski definition) is 1. The van der Waals surface area contributed by atoms with Gasteiger partial charge in [-0.15, -0.1) is 0 Å². The molecule has 1 aliphatic carbocycles. The van der Waals surface area contributed by atoms with Crippen molar-refractivity contribution in [2.75, 3.05) is 6.54 Å². The molecule has 1 aromatic carbocycles. The zero-order chi connectivity index (χ0) is 13.9. The summed E-state index contributed by atoms with van der Waals surface area (Å²) in [6.07, 6.45) is 4.25. The maximum absolute atomic E-state index is 6.05. The third kappa shape index (κ3) is 3.14. The summed E-state index contributed by atoms with van der Waals surface area (Å²) in [6, 6.07) is 13.3. The Hall–Kier alpha value is -1.10. The minimum absolute atomic E-state index is 0.251. The van der Waals surface area contributed by atoms with Crippen molar-refractivity contribution >= 4 is 15.9 Å². The smallest absolute Gasteiger partial charge is 0.117 e. The number of hydrogen-bond acceptors (Lipinski definition) is 3. The van der Waals surface area contributed by atoms with Crippen LogP contribution < -0.4 is 5.73 Å². The lowest BCUT2D eigenvalue weighted by atomic mass is 10.0. The second kappa shape index (κ2) is 6.12. The molecule has 0 bridgehead atoms. The third-order valence-electron chi connectivity index (χ3n) is 3.81. The van der Waals surface area contributed by atoms with Gasteiger partial charge in [0.05, 0.1) is 12.8 Å². The van der Waals surface area contributed by atoms with Crippen LogP contribution in [0.4, 0.5) is 0 Å². The van der Waals surface area contributed by atoms with Crippen LogP contribution >= 0.6 is 15.9 Å². The first-order valence-electron chi connectivity index (χ1n) is 7.01. The molecule has 1 aliphatic rings. The Kier molecular flexibility index (Phi) is 4.24. The van der Waals surface area contributed by atoms with Crippen molar-refractivity contribution in [2.45, 2.75) is 31.5 Å². The van der Waals surface area contributed by atoms with Gasteiger partial charge in [-0.3, -0.25) is 4.90 Å². The Morgan fingerprint density at radius 1 is 1.25 bits per heavy atom. The molecule has 2 aromatic rings. The number of benzene rings is 1. The van der Waals surface area contributed by atoms with Crippen molar-refractivity contribution in [3.63, 3.8) is 0 Å². The molecule has 1 aromatic heterocycles. The lowest BCUT2D eigenvalue weighted by Crippen LogP contribution is -2.35. The SMILES string of the molecule is NCC(c1ccc(Br)cc1)N(Cc1ccco1)C1CC1. The van der Waals surface area contributed by atoms with Gasteiger partial charge in [-0.2, -0.15) is 0 Å². The average molecular weight is 335 g/mol. The molecule has 0 radical (unpaired) electrons. The molecule has 4 heteroatoms. The number of rotatable bonds is 6. The molecule has 1 unspecified atom stereocenters. The van der Waals surface area contributed by atoms with Crippen molar-refractivity contribution in [1.29, 1.82) is 0 Å². The number of furan rings is 1. The largest absolute Gasteiger partial charge is 0.468 e. The predicted molar refractivity (Wildman–Crippen MR) is 83.2 cm³/mol. The first-order chi connectivity index (χ1) is 9.78. The first kappa shape index (κ1) is 13.9. The van der Waals surface area contributed by atoms with Crippen LogP contribution in [-0.4, -0.2) is 17.5 Å². The van der Waals surface area contributed by atoms with E-state index < -0.39 is 0 Å². The van der Waals surface area contributed by atoms with Gasteiger partial charge in [0.25, 0.3) is 0 Å². The van der Waals surface area contributed by atoms with Crippen molar-refractivity contribution in [3.05, 3.63) is 58.5 Å². The predicted octanol–water partition coefficient (Wildman–Crippen LogP) is 3.71. The summed E-state index contributed by atoms with van der Waals surface area (Å²) in [6.45, 7) is 1.45. The Bertz CT molecular complexity index is 534. The van der Waals surface area contributed by atoms with Crippen molar-refractivity contribution in [3.8, 4) is 0 Å². The molecule has 2 N–H and O–H groups in total. The van der Waals surface area contributed by atoms with Crippen LogP contribution in [0.15, 0.2) is 51.6 Å². The zero-order valence-electron chi connectivity index (χ0n) is 11.3. The molecule has 0 aliphatic heterocycles. The Labute approximate surface area is 127 Å². The quantitative estimate of drug-likeness (QED) is 0.875. The minimum atomic E-state index is 0.251. The first-order valence-corrected chi connectivity index (χ1v) is 7.81. The molecule has 0 amide bonds. The maximum Gasteiger partial charge on any atom is 0.117 e. The molecule has 1 atom stereocenters. The lowest BCUT2D eigenvalue weighted by Gasteiger charge is -2.30. The van der Waals surface area contributed by atoms with Crippen LogP contribution in [0.2, 0.25) is 0 Å². The van der Waals surface area contributed by atoms with Crippen LogP contribution in [0.3, 0.4) is 0 Å². The van der Waals surface area contributed by atoms with E-state index in [9.17, 15) is 0 Å². The van der Waals surface area contributed by atoms with Gasteiger partial charge in [-0.05, 0) is 42.7 Å². The molecule has 106 valence electrons. The second-order valence-electron chi connectivity index (χ2n) is 5.29. The van der Waals surface area contributed by atoms with Gasteiger partial charge in [0.15, 0.2) is 0 Å². The zero-order valence-corrected chi connectivity index (χ0v) is 12.9. The van der Waals surface area contributed by atoms with E-state index >= 15 is 0 Å². The molecular formula is C16H19BrN2O. The summed E-state index contributed by atoms with van der Waals surface area (Å²) < 4.78 is 6.60. The van der Waals surface area contributed by atoms with Gasteiger partial charge in [0.1, 0.15) is 5.76 Å². The summed E-state index contributed by atoms with van der Waals surface area (Å²) in [5, 5.41) is 0. The molecule has 3 rings (SSSR count). The maximum atomic E-state index is 6.05. The van der Waals surface area contributed by atoms with Crippen molar-refractivity contribution in [2.24, 2.45) is 5.73 Å².